The van der Waals surface area contributed by atoms with Crippen LogP contribution in [0, 0.1) is 5.92 Å². The van der Waals surface area contributed by atoms with Crippen molar-refractivity contribution in [1.29, 1.82) is 0 Å². The zero-order valence-electron chi connectivity index (χ0n) is 10.6. The lowest BCUT2D eigenvalue weighted by atomic mass is 10.1. The normalized spacial score (nSPS) is 12.9. The summed E-state index contributed by atoms with van der Waals surface area (Å²) < 4.78 is 7.16. The number of pyridine rings is 1. The van der Waals surface area contributed by atoms with Crippen molar-refractivity contribution >= 4 is 11.6 Å². The third-order valence-electron chi connectivity index (χ3n) is 2.94. The van der Waals surface area contributed by atoms with E-state index in [2.05, 4.69) is 4.98 Å². The first-order chi connectivity index (χ1) is 8.50. The first-order valence-corrected chi connectivity index (χ1v) is 5.87. The topological polar surface area (TPSA) is 63.8 Å². The van der Waals surface area contributed by atoms with Crippen LogP contribution < -0.4 is 4.74 Å². The summed E-state index contributed by atoms with van der Waals surface area (Å²) in [4.78, 5) is 15.5. The Labute approximate surface area is 105 Å². The van der Waals surface area contributed by atoms with E-state index >= 15 is 0 Å². The molecular weight excluding hydrogens is 232 g/mol. The van der Waals surface area contributed by atoms with Crippen LogP contribution in [0.25, 0.3) is 5.65 Å². The molecule has 2 heterocycles. The Morgan fingerprint density at radius 1 is 1.39 bits per heavy atom. The van der Waals surface area contributed by atoms with Crippen LogP contribution in [0.5, 0.6) is 5.88 Å². The number of hydrogen-bond donors (Lipinski definition) is 1. The first-order valence-electron chi connectivity index (χ1n) is 5.87. The van der Waals surface area contributed by atoms with E-state index in [9.17, 15) is 9.90 Å². The molecular formula is C13H16N2O3. The van der Waals surface area contributed by atoms with Crippen LogP contribution in [0.2, 0.25) is 0 Å². The predicted molar refractivity (Wildman–Crippen MR) is 67.1 cm³/mol. The predicted octanol–water partition coefficient (Wildman–Crippen LogP) is 2.46. The highest BCUT2D eigenvalue weighted by Crippen LogP contribution is 2.22. The number of rotatable bonds is 4. The van der Waals surface area contributed by atoms with Gasteiger partial charge in [0.2, 0.25) is 5.88 Å². The number of ether oxygens (including phenoxy) is 1. The lowest BCUT2D eigenvalue weighted by Gasteiger charge is -2.16. The Kier molecular flexibility index (Phi) is 3.23. The van der Waals surface area contributed by atoms with Crippen molar-refractivity contribution < 1.29 is 14.6 Å². The third kappa shape index (κ3) is 2.16. The molecule has 0 saturated heterocycles. The molecule has 0 amide bonds. The Morgan fingerprint density at radius 2 is 2.11 bits per heavy atom. The maximum Gasteiger partial charge on any atom is 0.358 e. The summed E-state index contributed by atoms with van der Waals surface area (Å²) in [6.07, 6.45) is 1.58. The average molecular weight is 248 g/mol. The Balaban J connectivity index is 2.49. The first kappa shape index (κ1) is 12.4. The zero-order chi connectivity index (χ0) is 13.3. The maximum atomic E-state index is 11.3. The van der Waals surface area contributed by atoms with Crippen LogP contribution in [-0.2, 0) is 0 Å². The quantitative estimate of drug-likeness (QED) is 0.902. The highest BCUT2D eigenvalue weighted by atomic mass is 16.5. The van der Waals surface area contributed by atoms with Gasteiger partial charge in [0.1, 0.15) is 11.8 Å². The van der Waals surface area contributed by atoms with E-state index in [1.165, 1.54) is 4.40 Å². The van der Waals surface area contributed by atoms with Gasteiger partial charge < -0.3 is 9.84 Å². The molecule has 0 saturated carbocycles. The van der Waals surface area contributed by atoms with Crippen molar-refractivity contribution in [3.63, 3.8) is 0 Å². The van der Waals surface area contributed by atoms with E-state index in [1.807, 2.05) is 26.8 Å². The van der Waals surface area contributed by atoms with Crippen molar-refractivity contribution in [2.24, 2.45) is 5.92 Å². The van der Waals surface area contributed by atoms with Crippen LogP contribution in [0.4, 0.5) is 0 Å². The molecule has 0 fully saturated rings. The molecule has 18 heavy (non-hydrogen) atoms. The minimum absolute atomic E-state index is 0.0677. The number of carboxylic acids is 1. The number of aromatic nitrogens is 2. The second kappa shape index (κ2) is 4.68. The molecule has 1 atom stereocenters. The Bertz CT molecular complexity index is 575. The summed E-state index contributed by atoms with van der Waals surface area (Å²) in [5.74, 6) is -0.578. The number of nitrogens with zero attached hydrogens (tertiary/aromatic N) is 2. The van der Waals surface area contributed by atoms with Gasteiger partial charge in [-0.25, -0.2) is 4.79 Å². The molecule has 5 heteroatoms. The molecule has 0 spiro atoms. The molecule has 96 valence electrons. The summed E-state index contributed by atoms with van der Waals surface area (Å²) in [6.45, 7) is 5.93. The summed E-state index contributed by atoms with van der Waals surface area (Å²) in [5, 5.41) is 9.26. The van der Waals surface area contributed by atoms with Crippen LogP contribution in [0.3, 0.4) is 0 Å². The molecule has 0 bridgehead atoms. The second-order valence-electron chi connectivity index (χ2n) is 4.57. The van der Waals surface area contributed by atoms with Crippen molar-refractivity contribution in [2.45, 2.75) is 26.9 Å². The van der Waals surface area contributed by atoms with Crippen LogP contribution in [0.15, 0.2) is 24.4 Å². The van der Waals surface area contributed by atoms with Gasteiger partial charge >= 0.3 is 5.97 Å². The highest BCUT2D eigenvalue weighted by Gasteiger charge is 2.22. The lowest BCUT2D eigenvalue weighted by Crippen LogP contribution is -2.20. The van der Waals surface area contributed by atoms with Gasteiger partial charge in [0, 0.05) is 6.20 Å². The standard InChI is InChI=1S/C13H16N2O3/c1-8(2)9(3)18-12-11(13(16)17)15-7-5-4-6-10(15)14-12/h4-9H,1-3H3,(H,16,17). The number of fused-ring (bicyclic) bond motifs is 1. The second-order valence-corrected chi connectivity index (χ2v) is 4.57. The number of imidazole rings is 1. The van der Waals surface area contributed by atoms with Crippen molar-refractivity contribution in [3.05, 3.63) is 30.1 Å². The van der Waals surface area contributed by atoms with Crippen molar-refractivity contribution in [3.8, 4) is 5.88 Å². The Hall–Kier alpha value is -2.04. The molecule has 0 aromatic carbocycles. The fraction of sp³-hybridized carbons (Fsp3) is 0.385. The van der Waals surface area contributed by atoms with E-state index in [0.717, 1.165) is 0 Å². The van der Waals surface area contributed by atoms with Gasteiger partial charge in [0.15, 0.2) is 5.69 Å². The fourth-order valence-electron chi connectivity index (χ4n) is 1.56. The summed E-state index contributed by atoms with van der Waals surface area (Å²) in [6, 6.07) is 5.32. The third-order valence-corrected chi connectivity index (χ3v) is 2.94. The fourth-order valence-corrected chi connectivity index (χ4v) is 1.56. The SMILES string of the molecule is CC(C)C(C)Oc1nc2ccccn2c1C(=O)O. The highest BCUT2D eigenvalue weighted by molar-refractivity contribution is 5.89. The lowest BCUT2D eigenvalue weighted by molar-refractivity contribution is 0.0678. The number of carboxylic acid groups (broad SMARTS) is 1. The molecule has 0 aliphatic carbocycles. The van der Waals surface area contributed by atoms with Gasteiger partial charge in [-0.05, 0) is 25.0 Å². The molecule has 5 nitrogen and oxygen atoms in total. The van der Waals surface area contributed by atoms with Crippen molar-refractivity contribution in [1.82, 2.24) is 9.38 Å². The van der Waals surface area contributed by atoms with Gasteiger partial charge in [-0.1, -0.05) is 19.9 Å². The molecule has 1 N–H and O–H groups in total. The van der Waals surface area contributed by atoms with E-state index in [1.54, 1.807) is 18.3 Å². The van der Waals surface area contributed by atoms with E-state index in [-0.39, 0.29) is 23.6 Å². The van der Waals surface area contributed by atoms with E-state index in [4.69, 9.17) is 4.74 Å². The van der Waals surface area contributed by atoms with Gasteiger partial charge in [0.05, 0.1) is 0 Å². The Morgan fingerprint density at radius 3 is 2.72 bits per heavy atom. The van der Waals surface area contributed by atoms with Crippen LogP contribution in [0.1, 0.15) is 31.3 Å². The summed E-state index contributed by atoms with van der Waals surface area (Å²) in [7, 11) is 0. The number of carbonyl (C=O) groups is 1. The monoisotopic (exact) mass is 248 g/mol. The number of hydrogen-bond acceptors (Lipinski definition) is 3. The molecule has 2 aromatic heterocycles. The molecule has 1 unspecified atom stereocenters. The van der Waals surface area contributed by atoms with Gasteiger partial charge in [-0.3, -0.25) is 4.40 Å². The van der Waals surface area contributed by atoms with E-state index in [0.29, 0.717) is 5.65 Å². The number of aromatic carboxylic acids is 1. The molecule has 0 aliphatic rings. The molecule has 2 rings (SSSR count). The van der Waals surface area contributed by atoms with Crippen LogP contribution >= 0.6 is 0 Å². The largest absolute Gasteiger partial charge is 0.476 e. The molecule has 0 aliphatic heterocycles. The molecule has 0 radical (unpaired) electrons. The van der Waals surface area contributed by atoms with Crippen molar-refractivity contribution in [2.75, 3.05) is 0 Å². The summed E-state index contributed by atoms with van der Waals surface area (Å²) >= 11 is 0. The zero-order valence-corrected chi connectivity index (χ0v) is 10.6. The minimum Gasteiger partial charge on any atom is -0.476 e. The van der Waals surface area contributed by atoms with Crippen LogP contribution in [-0.4, -0.2) is 26.6 Å². The minimum atomic E-state index is -1.04. The average Bonchev–Trinajstić information content (AvgIpc) is 2.66. The van der Waals surface area contributed by atoms with Gasteiger partial charge in [0.25, 0.3) is 0 Å². The van der Waals surface area contributed by atoms with Gasteiger partial charge in [-0.2, -0.15) is 4.98 Å². The smallest absolute Gasteiger partial charge is 0.358 e. The summed E-state index contributed by atoms with van der Waals surface area (Å²) in [5.41, 5.74) is 0.638. The van der Waals surface area contributed by atoms with Gasteiger partial charge in [-0.15, -0.1) is 0 Å². The molecule has 2 aromatic rings. The van der Waals surface area contributed by atoms with E-state index < -0.39 is 5.97 Å². The maximum absolute atomic E-state index is 11.3.